The van der Waals surface area contributed by atoms with E-state index in [1.807, 2.05) is 0 Å². The fourth-order valence-electron chi connectivity index (χ4n) is 2.02. The van der Waals surface area contributed by atoms with Crippen LogP contribution in [-0.2, 0) is 16.2 Å². The van der Waals surface area contributed by atoms with Gasteiger partial charge in [-0.1, -0.05) is 0 Å². The number of nitrogens with zero attached hydrogens (tertiary/aromatic N) is 1. The second kappa shape index (κ2) is 4.59. The first-order valence-corrected chi connectivity index (χ1v) is 7.30. The van der Waals surface area contributed by atoms with E-state index in [-0.39, 0.29) is 18.0 Å². The number of hydrogen-bond donors (Lipinski definition) is 1. The number of rotatable bonds is 1. The molecule has 1 aromatic carbocycles. The number of sulfonamides is 1. The van der Waals surface area contributed by atoms with Gasteiger partial charge < -0.3 is 5.73 Å². The van der Waals surface area contributed by atoms with E-state index in [9.17, 15) is 21.6 Å². The van der Waals surface area contributed by atoms with Crippen molar-refractivity contribution >= 4 is 21.4 Å². The lowest BCUT2D eigenvalue weighted by atomic mass is 10.1. The number of nitrogen functional groups attached to an aromatic ring is 1. The summed E-state index contributed by atoms with van der Waals surface area (Å²) in [6.45, 7) is 0.198. The fraction of sp³-hybridized carbons (Fsp3) is 0.455. The number of hydrogen-bond acceptors (Lipinski definition) is 3. The summed E-state index contributed by atoms with van der Waals surface area (Å²) in [6.07, 6.45) is -3.44. The molecule has 1 aromatic rings. The van der Waals surface area contributed by atoms with Gasteiger partial charge in [-0.2, -0.15) is 13.2 Å². The average molecular weight is 294 g/mol. The number of halogens is 3. The van der Waals surface area contributed by atoms with Crippen LogP contribution in [0.3, 0.4) is 0 Å². The van der Waals surface area contributed by atoms with Gasteiger partial charge in [0.15, 0.2) is 0 Å². The van der Waals surface area contributed by atoms with E-state index < -0.39 is 27.5 Å². The Balaban J connectivity index is 2.46. The Hall–Kier alpha value is -1.44. The van der Waals surface area contributed by atoms with E-state index in [2.05, 4.69) is 0 Å². The highest BCUT2D eigenvalue weighted by molar-refractivity contribution is 7.92. The normalized spacial score (nSPS) is 19.4. The Morgan fingerprint density at radius 1 is 1.21 bits per heavy atom. The van der Waals surface area contributed by atoms with Crippen LogP contribution < -0.4 is 10.0 Å². The van der Waals surface area contributed by atoms with Gasteiger partial charge in [-0.05, 0) is 31.0 Å². The maximum Gasteiger partial charge on any atom is 0.418 e. The summed E-state index contributed by atoms with van der Waals surface area (Å²) in [5.41, 5.74) is 3.88. The molecule has 1 heterocycles. The summed E-state index contributed by atoms with van der Waals surface area (Å²) < 4.78 is 62.9. The van der Waals surface area contributed by atoms with Gasteiger partial charge in [0.25, 0.3) is 0 Å². The van der Waals surface area contributed by atoms with Crippen LogP contribution in [0.2, 0.25) is 0 Å². The smallest absolute Gasteiger partial charge is 0.398 e. The minimum Gasteiger partial charge on any atom is -0.398 e. The highest BCUT2D eigenvalue weighted by atomic mass is 32.2. The molecule has 0 aromatic heterocycles. The number of benzene rings is 1. The molecular weight excluding hydrogens is 281 g/mol. The largest absolute Gasteiger partial charge is 0.418 e. The molecule has 1 aliphatic rings. The standard InChI is InChI=1S/C11H13F3N2O2S/c12-11(13,14)9-7-8(3-4-10(9)15)16-5-1-2-6-19(16,17)18/h3-4,7H,1-2,5-6,15H2. The molecule has 0 unspecified atom stereocenters. The zero-order valence-corrected chi connectivity index (χ0v) is 10.8. The van der Waals surface area contributed by atoms with Gasteiger partial charge in [0.05, 0.1) is 17.0 Å². The first kappa shape index (κ1) is 14.0. The van der Waals surface area contributed by atoms with Gasteiger partial charge in [0.1, 0.15) is 0 Å². The first-order valence-electron chi connectivity index (χ1n) is 5.69. The maximum absolute atomic E-state index is 12.7. The zero-order valence-electron chi connectivity index (χ0n) is 9.94. The molecule has 0 bridgehead atoms. The molecule has 1 fully saturated rings. The third-order valence-corrected chi connectivity index (χ3v) is 4.85. The van der Waals surface area contributed by atoms with Gasteiger partial charge in [0.2, 0.25) is 10.0 Å². The molecule has 8 heteroatoms. The predicted octanol–water partition coefficient (Wildman–Crippen LogP) is 2.22. The summed E-state index contributed by atoms with van der Waals surface area (Å²) in [5.74, 6) is -0.0429. The van der Waals surface area contributed by atoms with Crippen molar-refractivity contribution in [1.29, 1.82) is 0 Å². The lowest BCUT2D eigenvalue weighted by Gasteiger charge is -2.29. The molecule has 0 atom stereocenters. The maximum atomic E-state index is 12.7. The van der Waals surface area contributed by atoms with Crippen molar-refractivity contribution in [3.05, 3.63) is 23.8 Å². The quantitative estimate of drug-likeness (QED) is 0.808. The third kappa shape index (κ3) is 2.78. The molecule has 0 radical (unpaired) electrons. The van der Waals surface area contributed by atoms with Gasteiger partial charge in [-0.25, -0.2) is 8.42 Å². The molecule has 2 rings (SSSR count). The lowest BCUT2D eigenvalue weighted by molar-refractivity contribution is -0.136. The molecule has 0 saturated carbocycles. The topological polar surface area (TPSA) is 63.4 Å². The summed E-state index contributed by atoms with van der Waals surface area (Å²) >= 11 is 0. The highest BCUT2D eigenvalue weighted by Crippen LogP contribution is 2.37. The van der Waals surface area contributed by atoms with E-state index in [4.69, 9.17) is 5.73 Å². The highest BCUT2D eigenvalue weighted by Gasteiger charge is 2.35. The summed E-state index contributed by atoms with van der Waals surface area (Å²) in [7, 11) is -3.53. The van der Waals surface area contributed by atoms with Crippen LogP contribution in [0.15, 0.2) is 18.2 Å². The van der Waals surface area contributed by atoms with E-state index >= 15 is 0 Å². The molecule has 0 spiro atoms. The third-order valence-electron chi connectivity index (χ3n) is 2.98. The molecule has 1 saturated heterocycles. The Morgan fingerprint density at radius 2 is 1.89 bits per heavy atom. The summed E-state index contributed by atoms with van der Waals surface area (Å²) in [6, 6.07) is 3.17. The molecule has 19 heavy (non-hydrogen) atoms. The minimum absolute atomic E-state index is 0.0150. The SMILES string of the molecule is Nc1ccc(N2CCCCS2(=O)=O)cc1C(F)(F)F. The molecular formula is C11H13F3N2O2S. The summed E-state index contributed by atoms with van der Waals surface area (Å²) in [4.78, 5) is 0. The second-order valence-corrected chi connectivity index (χ2v) is 6.38. The van der Waals surface area contributed by atoms with Gasteiger partial charge in [-0.3, -0.25) is 4.31 Å². The zero-order chi connectivity index (χ0) is 14.3. The number of nitrogens with two attached hydrogens (primary N) is 1. The van der Waals surface area contributed by atoms with Crippen molar-refractivity contribution in [2.75, 3.05) is 22.3 Å². The van der Waals surface area contributed by atoms with Crippen LogP contribution in [0.4, 0.5) is 24.5 Å². The van der Waals surface area contributed by atoms with Crippen LogP contribution in [0.25, 0.3) is 0 Å². The van der Waals surface area contributed by atoms with Crippen LogP contribution >= 0.6 is 0 Å². The lowest BCUT2D eigenvalue weighted by Crippen LogP contribution is -2.38. The minimum atomic E-state index is -4.60. The van der Waals surface area contributed by atoms with Gasteiger partial charge in [0, 0.05) is 12.2 Å². The molecule has 0 amide bonds. The van der Waals surface area contributed by atoms with Crippen molar-refractivity contribution in [1.82, 2.24) is 0 Å². The van der Waals surface area contributed by atoms with E-state index in [1.54, 1.807) is 0 Å². The monoisotopic (exact) mass is 294 g/mol. The number of alkyl halides is 3. The Labute approximate surface area is 109 Å². The molecule has 106 valence electrons. The molecule has 2 N–H and O–H groups in total. The van der Waals surface area contributed by atoms with Crippen LogP contribution in [0.5, 0.6) is 0 Å². The molecule has 4 nitrogen and oxygen atoms in total. The second-order valence-electron chi connectivity index (χ2n) is 4.36. The van der Waals surface area contributed by atoms with Crippen molar-refractivity contribution in [3.8, 4) is 0 Å². The Bertz CT molecular complexity index is 584. The van der Waals surface area contributed by atoms with Gasteiger partial charge >= 0.3 is 6.18 Å². The Morgan fingerprint density at radius 3 is 2.47 bits per heavy atom. The van der Waals surface area contributed by atoms with Crippen molar-refractivity contribution in [2.24, 2.45) is 0 Å². The first-order chi connectivity index (χ1) is 8.72. The predicted molar refractivity (Wildman–Crippen MR) is 66.2 cm³/mol. The van der Waals surface area contributed by atoms with Crippen LogP contribution in [-0.4, -0.2) is 20.7 Å². The van der Waals surface area contributed by atoms with E-state index in [1.165, 1.54) is 6.07 Å². The van der Waals surface area contributed by atoms with Crippen molar-refractivity contribution in [3.63, 3.8) is 0 Å². The fourth-order valence-corrected chi connectivity index (χ4v) is 3.66. The van der Waals surface area contributed by atoms with Crippen molar-refractivity contribution < 1.29 is 21.6 Å². The van der Waals surface area contributed by atoms with Crippen LogP contribution in [0.1, 0.15) is 18.4 Å². The van der Waals surface area contributed by atoms with Gasteiger partial charge in [-0.15, -0.1) is 0 Å². The van der Waals surface area contributed by atoms with Crippen molar-refractivity contribution in [2.45, 2.75) is 19.0 Å². The average Bonchev–Trinajstić information content (AvgIpc) is 2.28. The van der Waals surface area contributed by atoms with Crippen LogP contribution in [0, 0.1) is 0 Å². The Kier molecular flexibility index (Phi) is 3.38. The van der Waals surface area contributed by atoms with E-state index in [0.717, 1.165) is 16.4 Å². The molecule has 1 aliphatic heterocycles. The molecule has 0 aliphatic carbocycles. The number of anilines is 2. The summed E-state index contributed by atoms with van der Waals surface area (Å²) in [5, 5.41) is 0. The van der Waals surface area contributed by atoms with E-state index in [0.29, 0.717) is 12.8 Å².